The zero-order valence-corrected chi connectivity index (χ0v) is 12.8. The van der Waals surface area contributed by atoms with E-state index in [4.69, 9.17) is 21.3 Å². The minimum atomic E-state index is -1.08. The first-order valence-electron chi connectivity index (χ1n) is 6.47. The highest BCUT2D eigenvalue weighted by atomic mass is 32.2. The summed E-state index contributed by atoms with van der Waals surface area (Å²) >= 11 is 0.956. The Morgan fingerprint density at radius 3 is 2.27 bits per heavy atom. The monoisotopic (exact) mass is 326 g/mol. The second-order valence-electron chi connectivity index (χ2n) is 4.62. The Balaban J connectivity index is 2.54. The summed E-state index contributed by atoms with van der Waals surface area (Å²) in [6, 6.07) is 4.45. The number of esters is 1. The van der Waals surface area contributed by atoms with Crippen molar-refractivity contribution in [3.8, 4) is 5.75 Å². The molecule has 0 aliphatic carbocycles. The van der Waals surface area contributed by atoms with Crippen LogP contribution in [0.4, 0.5) is 0 Å². The topological polar surface area (TPSA) is 133 Å². The largest absolute Gasteiger partial charge is 0.480 e. The maximum atomic E-state index is 11.7. The normalized spacial score (nSPS) is 13.2. The molecule has 5 N–H and O–H groups in total. The van der Waals surface area contributed by atoms with E-state index in [0.717, 1.165) is 11.8 Å². The predicted octanol–water partition coefficient (Wildman–Crippen LogP) is 0.153. The molecule has 0 aliphatic heterocycles. The molecule has 0 aliphatic rings. The summed E-state index contributed by atoms with van der Waals surface area (Å²) in [6.07, 6.45) is 0.179. The average molecular weight is 326 g/mol. The molecule has 0 saturated heterocycles. The molecular formula is C14H18N2O5S. The first kappa shape index (κ1) is 18.1. The molecule has 2 unspecified atom stereocenters. The number of aliphatic carboxylic acids is 1. The summed E-state index contributed by atoms with van der Waals surface area (Å²) in [6.45, 7) is 1.39. The van der Waals surface area contributed by atoms with Gasteiger partial charge in [0.15, 0.2) is 5.12 Å². The number of carbonyl (C=O) groups is 3. The van der Waals surface area contributed by atoms with Gasteiger partial charge in [0.1, 0.15) is 17.8 Å². The number of ether oxygens (including phenoxy) is 1. The van der Waals surface area contributed by atoms with Crippen molar-refractivity contribution in [2.45, 2.75) is 25.4 Å². The quantitative estimate of drug-likeness (QED) is 0.476. The van der Waals surface area contributed by atoms with Crippen LogP contribution < -0.4 is 16.2 Å². The maximum Gasteiger partial charge on any atom is 0.329 e. The van der Waals surface area contributed by atoms with Crippen molar-refractivity contribution in [1.82, 2.24) is 0 Å². The minimum Gasteiger partial charge on any atom is -0.480 e. The van der Waals surface area contributed by atoms with E-state index in [2.05, 4.69) is 0 Å². The van der Waals surface area contributed by atoms with E-state index in [1.54, 1.807) is 12.1 Å². The fraction of sp³-hybridized carbons (Fsp3) is 0.357. The first-order chi connectivity index (χ1) is 10.3. The van der Waals surface area contributed by atoms with Crippen LogP contribution in [0, 0.1) is 0 Å². The number of hydrogen-bond donors (Lipinski definition) is 3. The Labute approximate surface area is 132 Å². The van der Waals surface area contributed by atoms with Crippen molar-refractivity contribution in [3.05, 3.63) is 29.8 Å². The van der Waals surface area contributed by atoms with Gasteiger partial charge in [-0.25, -0.2) is 4.79 Å². The molecule has 7 nitrogen and oxygen atoms in total. The number of benzene rings is 1. The van der Waals surface area contributed by atoms with E-state index in [-0.39, 0.29) is 17.3 Å². The Bertz CT molecular complexity index is 547. The molecule has 22 heavy (non-hydrogen) atoms. The highest BCUT2D eigenvalue weighted by molar-refractivity contribution is 8.13. The van der Waals surface area contributed by atoms with Gasteiger partial charge in [-0.15, -0.1) is 0 Å². The van der Waals surface area contributed by atoms with Gasteiger partial charge < -0.3 is 21.3 Å². The van der Waals surface area contributed by atoms with Crippen LogP contribution in [0.25, 0.3) is 0 Å². The van der Waals surface area contributed by atoms with Crippen LogP contribution in [-0.2, 0) is 20.8 Å². The Morgan fingerprint density at radius 1 is 1.18 bits per heavy atom. The highest BCUT2D eigenvalue weighted by Crippen LogP contribution is 2.14. The molecule has 0 spiro atoms. The van der Waals surface area contributed by atoms with Crippen molar-refractivity contribution in [2.24, 2.45) is 11.5 Å². The van der Waals surface area contributed by atoms with Crippen molar-refractivity contribution in [1.29, 1.82) is 0 Å². The fourth-order valence-electron chi connectivity index (χ4n) is 1.50. The first-order valence-corrected chi connectivity index (χ1v) is 7.46. The lowest BCUT2D eigenvalue weighted by atomic mass is 10.1. The summed E-state index contributed by atoms with van der Waals surface area (Å²) in [5.41, 5.74) is 11.8. The third kappa shape index (κ3) is 6.25. The van der Waals surface area contributed by atoms with Crippen LogP contribution in [-0.4, -0.2) is 40.0 Å². The fourth-order valence-corrected chi connectivity index (χ4v) is 2.05. The lowest BCUT2D eigenvalue weighted by Gasteiger charge is -2.11. The molecular weight excluding hydrogens is 308 g/mol. The van der Waals surface area contributed by atoms with Crippen LogP contribution in [0.3, 0.4) is 0 Å². The number of carbonyl (C=O) groups excluding carboxylic acids is 2. The van der Waals surface area contributed by atoms with E-state index in [1.807, 2.05) is 0 Å². The van der Waals surface area contributed by atoms with Gasteiger partial charge in [0.2, 0.25) is 0 Å². The van der Waals surface area contributed by atoms with E-state index in [9.17, 15) is 14.4 Å². The summed E-state index contributed by atoms with van der Waals surface area (Å²) in [7, 11) is 0. The smallest absolute Gasteiger partial charge is 0.329 e. The third-order valence-electron chi connectivity index (χ3n) is 2.68. The summed E-state index contributed by atoms with van der Waals surface area (Å²) in [5.74, 6) is -1.27. The zero-order chi connectivity index (χ0) is 16.7. The van der Waals surface area contributed by atoms with E-state index in [1.165, 1.54) is 19.1 Å². The minimum absolute atomic E-state index is 0.123. The lowest BCUT2D eigenvalue weighted by molar-refractivity contribution is -0.138. The van der Waals surface area contributed by atoms with Crippen LogP contribution in [0.1, 0.15) is 12.5 Å². The van der Waals surface area contributed by atoms with Gasteiger partial charge in [-0.3, -0.25) is 9.59 Å². The number of hydrogen-bond acceptors (Lipinski definition) is 7. The molecule has 2 atom stereocenters. The van der Waals surface area contributed by atoms with E-state index >= 15 is 0 Å². The molecule has 120 valence electrons. The molecule has 0 bridgehead atoms. The second kappa shape index (κ2) is 8.52. The maximum absolute atomic E-state index is 11.7. The summed E-state index contributed by atoms with van der Waals surface area (Å²) in [4.78, 5) is 33.2. The molecule has 1 aromatic rings. The molecule has 0 radical (unpaired) electrons. The number of carboxylic acids is 1. The van der Waals surface area contributed by atoms with Crippen molar-refractivity contribution < 1.29 is 24.2 Å². The second-order valence-corrected chi connectivity index (χ2v) is 5.82. The standard InChI is InChI=1S/C14H18N2O5S/c1-8(17)22-7-12(16)14(20)21-10-4-2-9(3-5-10)6-11(15)13(18)19/h2-5,11-12H,6-7,15-16H2,1H3,(H,18,19). The van der Waals surface area contributed by atoms with Crippen molar-refractivity contribution in [2.75, 3.05) is 5.75 Å². The molecule has 0 fully saturated rings. The van der Waals surface area contributed by atoms with Gasteiger partial charge in [0.25, 0.3) is 0 Å². The summed E-state index contributed by atoms with van der Waals surface area (Å²) in [5, 5.41) is 8.61. The highest BCUT2D eigenvalue weighted by Gasteiger charge is 2.17. The number of nitrogens with two attached hydrogens (primary N) is 2. The molecule has 0 amide bonds. The van der Waals surface area contributed by atoms with Crippen LogP contribution in [0.5, 0.6) is 5.75 Å². The van der Waals surface area contributed by atoms with Gasteiger partial charge in [-0.2, -0.15) is 0 Å². The Kier molecular flexibility index (Phi) is 7.03. The predicted molar refractivity (Wildman–Crippen MR) is 82.5 cm³/mol. The van der Waals surface area contributed by atoms with Crippen LogP contribution in [0.15, 0.2) is 24.3 Å². The average Bonchev–Trinajstić information content (AvgIpc) is 2.46. The zero-order valence-electron chi connectivity index (χ0n) is 12.0. The Morgan fingerprint density at radius 2 is 1.77 bits per heavy atom. The van der Waals surface area contributed by atoms with Crippen LogP contribution >= 0.6 is 11.8 Å². The summed E-state index contributed by atoms with van der Waals surface area (Å²) < 4.78 is 5.08. The molecule has 1 aromatic carbocycles. The van der Waals surface area contributed by atoms with Gasteiger partial charge in [-0.1, -0.05) is 23.9 Å². The SMILES string of the molecule is CC(=O)SCC(N)C(=O)Oc1ccc(CC(N)C(=O)O)cc1. The van der Waals surface area contributed by atoms with Gasteiger partial charge in [0, 0.05) is 12.7 Å². The third-order valence-corrected chi connectivity index (χ3v) is 3.62. The number of carboxylic acid groups (broad SMARTS) is 1. The van der Waals surface area contributed by atoms with Gasteiger partial charge in [-0.05, 0) is 24.1 Å². The Hall–Kier alpha value is -1.90. The number of rotatable bonds is 7. The van der Waals surface area contributed by atoms with Gasteiger partial charge in [0.05, 0.1) is 0 Å². The number of thioether (sulfide) groups is 1. The van der Waals surface area contributed by atoms with Crippen LogP contribution in [0.2, 0.25) is 0 Å². The van der Waals surface area contributed by atoms with Crippen molar-refractivity contribution >= 4 is 28.8 Å². The molecule has 0 heterocycles. The molecule has 1 rings (SSSR count). The van der Waals surface area contributed by atoms with Crippen molar-refractivity contribution in [3.63, 3.8) is 0 Å². The molecule has 0 aromatic heterocycles. The van der Waals surface area contributed by atoms with E-state index in [0.29, 0.717) is 11.3 Å². The van der Waals surface area contributed by atoms with E-state index < -0.39 is 24.0 Å². The lowest BCUT2D eigenvalue weighted by Crippen LogP contribution is -2.36. The molecule has 0 saturated carbocycles. The van der Waals surface area contributed by atoms with Gasteiger partial charge >= 0.3 is 11.9 Å². The molecule has 8 heteroatoms.